The number of pyridine rings is 1. The Morgan fingerprint density at radius 1 is 0.750 bits per heavy atom. The van der Waals surface area contributed by atoms with E-state index in [2.05, 4.69) is 121 Å². The average Bonchev–Trinajstić information content (AvgIpc) is 4.03. The maximum atomic E-state index is 12.7. The summed E-state index contributed by atoms with van der Waals surface area (Å²) in [4.78, 5) is 57.2. The molecule has 6 heterocycles. The van der Waals surface area contributed by atoms with Crippen molar-refractivity contribution in [1.29, 1.82) is 0 Å². The van der Waals surface area contributed by atoms with Gasteiger partial charge in [-0.1, -0.05) is 96.1 Å². The van der Waals surface area contributed by atoms with E-state index < -0.39 is 17.7 Å². The molecule has 2 saturated heterocycles. The van der Waals surface area contributed by atoms with E-state index >= 15 is 0 Å². The molecule has 2 spiro atoms. The van der Waals surface area contributed by atoms with Crippen molar-refractivity contribution in [3.05, 3.63) is 129 Å². The number of carbonyl (C=O) groups excluding carboxylic acids is 3. The van der Waals surface area contributed by atoms with Crippen LogP contribution in [0.3, 0.4) is 0 Å². The summed E-state index contributed by atoms with van der Waals surface area (Å²) in [5.41, 5.74) is 11.7. The van der Waals surface area contributed by atoms with Crippen molar-refractivity contribution in [1.82, 2.24) is 14.8 Å². The first-order valence-corrected chi connectivity index (χ1v) is 34.6. The summed E-state index contributed by atoms with van der Waals surface area (Å²) in [6.45, 7) is 19.1. The van der Waals surface area contributed by atoms with Gasteiger partial charge in [-0.15, -0.1) is 0 Å². The van der Waals surface area contributed by atoms with Gasteiger partial charge in [0, 0.05) is 40.4 Å². The molecule has 3 fully saturated rings. The number of carbonyl (C=O) groups is 4. The van der Waals surface area contributed by atoms with Crippen LogP contribution in [0.4, 0.5) is 5.69 Å². The Balaban J connectivity index is 0.000000138. The van der Waals surface area contributed by atoms with E-state index in [-0.39, 0.29) is 33.9 Å². The fraction of sp³-hybridized carbons (Fsp3) is 0.466. The molecule has 5 aliphatic heterocycles. The van der Waals surface area contributed by atoms with Gasteiger partial charge in [0.15, 0.2) is 18.0 Å². The fourth-order valence-corrected chi connectivity index (χ4v) is 15.0. The van der Waals surface area contributed by atoms with Gasteiger partial charge in [-0.3, -0.25) is 14.4 Å². The number of amides is 1. The fourth-order valence-electron chi connectivity index (χ4n) is 15.0. The number of likely N-dealkylation sites (N-methyl/N-ethyl adjacent to an activating group) is 2. The van der Waals surface area contributed by atoms with E-state index in [9.17, 15) is 24.3 Å². The molecule has 2 N–H and O–H groups in total. The molecule has 4 aromatic carbocycles. The zero-order valence-corrected chi connectivity index (χ0v) is 48.8. The first kappa shape index (κ1) is 53.0. The molecule has 4 aliphatic carbocycles. The second-order valence-corrected chi connectivity index (χ2v) is 32.7. The van der Waals surface area contributed by atoms with Crippen LogP contribution in [0.15, 0.2) is 72.8 Å². The molecule has 9 aliphatic rings. The van der Waals surface area contributed by atoms with Crippen LogP contribution in [0, 0.1) is 24.7 Å². The van der Waals surface area contributed by atoms with E-state index in [0.717, 1.165) is 84.4 Å². The van der Waals surface area contributed by atoms with Crippen molar-refractivity contribution in [3.63, 3.8) is 0 Å². The first-order chi connectivity index (χ1) is 34.6. The third-order valence-corrected chi connectivity index (χ3v) is 18.1. The quantitative estimate of drug-likeness (QED) is 0.123. The second kappa shape index (κ2) is 20.0. The number of benzene rings is 4. The Morgan fingerprint density at radius 2 is 1.28 bits per heavy atom. The molecule has 1 saturated carbocycles. The summed E-state index contributed by atoms with van der Waals surface area (Å²) in [7, 11) is 5.10. The number of carboxylic acid groups (broad SMARTS) is 1. The number of nitrogens with one attached hydrogen (secondary N) is 1. The number of nitrogens with zero attached hydrogens (tertiary/aromatic N) is 3. The summed E-state index contributed by atoms with van der Waals surface area (Å²) in [5, 5.41) is 13.5. The molecule has 379 valence electrons. The van der Waals surface area contributed by atoms with Gasteiger partial charge < -0.3 is 29.7 Å². The Morgan fingerprint density at radius 3 is 1.86 bits per heavy atom. The Bertz CT molecular complexity index is 3040. The molecule has 8 atom stereocenters. The summed E-state index contributed by atoms with van der Waals surface area (Å²) in [6, 6.07) is 24.3. The number of halogens is 2. The predicted octanol–water partition coefficient (Wildman–Crippen LogP) is 11.7. The summed E-state index contributed by atoms with van der Waals surface area (Å²) in [6.07, 6.45) is 6.04. The number of aromatic carboxylic acids is 1. The zero-order valence-electron chi connectivity index (χ0n) is 43.0. The number of hydrogen-bond donors (Lipinski definition) is 2. The van der Waals surface area contributed by atoms with E-state index in [1.165, 1.54) is 27.8 Å². The van der Waals surface area contributed by atoms with Gasteiger partial charge >= 0.3 is 55.4 Å². The van der Waals surface area contributed by atoms with Crippen LogP contribution in [-0.4, -0.2) is 88.7 Å². The molecule has 5 aromatic rings. The van der Waals surface area contributed by atoms with Crippen molar-refractivity contribution < 1.29 is 43.2 Å². The Hall–Kier alpha value is -3.87. The third-order valence-electron chi connectivity index (χ3n) is 18.1. The average molecular weight is 1240 g/mol. The third kappa shape index (κ3) is 7.52. The van der Waals surface area contributed by atoms with Gasteiger partial charge in [-0.2, -0.15) is 0 Å². The number of piperidine rings is 2. The number of ether oxygens (including phenoxy) is 2. The topological polar surface area (TPSA) is 138 Å². The molecule has 1 unspecified atom stereocenters. The number of aromatic nitrogens is 1. The van der Waals surface area contributed by atoms with Crippen molar-refractivity contribution in [2.75, 3.05) is 32.5 Å². The molecule has 4 bridgehead atoms. The van der Waals surface area contributed by atoms with Crippen LogP contribution in [-0.2, 0) is 49.1 Å². The normalized spacial score (nSPS) is 29.5. The number of para-hydroxylation sites is 2. The number of likely N-dealkylation sites (tertiary alicyclic amines) is 2. The van der Waals surface area contributed by atoms with Gasteiger partial charge in [-0.05, 0) is 131 Å². The van der Waals surface area contributed by atoms with Crippen LogP contribution in [0.1, 0.15) is 139 Å². The first-order valence-electron chi connectivity index (χ1n) is 25.6. The Kier molecular flexibility index (Phi) is 14.7. The van der Waals surface area contributed by atoms with Crippen LogP contribution in [0.2, 0.25) is 0 Å². The monoisotopic (exact) mass is 1240 g/mol. The molecule has 0 radical (unpaired) electrons. The van der Waals surface area contributed by atoms with Crippen molar-refractivity contribution in [2.24, 2.45) is 10.8 Å². The molecule has 1 aromatic heterocycles. The van der Waals surface area contributed by atoms with E-state index in [1.807, 2.05) is 52.0 Å². The maximum absolute atomic E-state index is 12.7. The number of anilines is 1. The number of aryl methyl sites for hydroxylation is 2. The number of carboxylic acids is 1. The number of rotatable bonds is 1. The number of fused-ring (bicyclic) bond motifs is 4. The molecule has 14 heteroatoms. The van der Waals surface area contributed by atoms with Crippen LogP contribution >= 0.6 is 40.0 Å². The molecular weight excluding hydrogens is 1170 g/mol. The van der Waals surface area contributed by atoms with E-state index in [0.29, 0.717) is 57.0 Å². The van der Waals surface area contributed by atoms with Crippen molar-refractivity contribution >= 4 is 80.0 Å². The van der Waals surface area contributed by atoms with Crippen LogP contribution < -0.4 is 14.8 Å². The molecular formula is C58H66I2N4O7V. The van der Waals surface area contributed by atoms with E-state index in [1.54, 1.807) is 24.3 Å². The minimum atomic E-state index is -0.874. The van der Waals surface area contributed by atoms with Gasteiger partial charge in [-0.25, -0.2) is 9.78 Å². The minimum absolute atomic E-state index is 0.0750. The van der Waals surface area contributed by atoms with E-state index in [4.69, 9.17) is 14.5 Å². The molecule has 72 heavy (non-hydrogen) atoms. The predicted molar refractivity (Wildman–Crippen MR) is 296 cm³/mol. The number of hydrogen-bond acceptors (Lipinski definition) is 9. The molecule has 1 amide bonds. The number of Topliss-reactive ketones (excluding diaryl/α,β-unsaturated/α-hetero) is 2. The van der Waals surface area contributed by atoms with Gasteiger partial charge in [0.25, 0.3) is 11.7 Å². The number of ketones is 2. The summed E-state index contributed by atoms with van der Waals surface area (Å²) >= 11 is 4.74. The zero-order chi connectivity index (χ0) is 51.8. The summed E-state index contributed by atoms with van der Waals surface area (Å²) in [5.74, 6) is 0.519. The van der Waals surface area contributed by atoms with Crippen LogP contribution in [0.25, 0.3) is 10.9 Å². The van der Waals surface area contributed by atoms with Crippen LogP contribution in [0.5, 0.6) is 11.5 Å². The molecule has 11 nitrogen and oxygen atoms in total. The Labute approximate surface area is 453 Å². The van der Waals surface area contributed by atoms with Crippen molar-refractivity contribution in [2.45, 2.75) is 135 Å². The van der Waals surface area contributed by atoms with Crippen molar-refractivity contribution in [3.8, 4) is 11.5 Å². The second-order valence-electron chi connectivity index (χ2n) is 20.9. The van der Waals surface area contributed by atoms with Gasteiger partial charge in [0.05, 0.1) is 38.9 Å². The summed E-state index contributed by atoms with van der Waals surface area (Å²) < 4.78 is 13.2. The van der Waals surface area contributed by atoms with Gasteiger partial charge in [0.1, 0.15) is 11.5 Å². The SMILES string of the molecule is CC.CC.Cc1ccc2c3c1OC1c4nc5ccccc5c(C(=O)O)c4C[C@@]4(C)[C@@H](C2)N(C)CC[C@]314.Cc1ccc2c3c1O[C@H]1C(=O)CC[C@@]4(C)[C@@H](C2)N(C)CC[C@]314.O=C1Nc2ccccc2C1=O.[I][V][I]. The standard InChI is InChI=1S/C27H26N2O3.C19H23NO2.C8H5NO2.2C2H6.2HI.V/c1-14-8-9-15-12-19-26(2)13-17-20(25(30)31)16-6-4-5-7-18(16)28-22(17)24-27(26,10-11-29(19)3)21(15)23(14)32-24;1-11-4-5-12-10-14-18(2)7-6-13(21)17-19(18,8-9-20(14)3)15(12)16(11)22-17;10-7-5-3-1-2-4-6(5)9-8(7)11;2*1-2;;;/h4-9,19,24H,10-13H2,1-3H3,(H,30,31);4-5,14,17H,6-10H2,1-3H3;1-4H,(H,9,10,11);2*1-2H3;2*1H;/q;;;;;;;+2/p-2/t19-,24?,26+,27+;14-,17+,18+,19+;;;;;;/m11....../s1. The molecule has 14 rings (SSSR count). The van der Waals surface area contributed by atoms with Gasteiger partial charge in [0.2, 0.25) is 0 Å².